The van der Waals surface area contributed by atoms with Crippen molar-refractivity contribution < 1.29 is 4.79 Å². The van der Waals surface area contributed by atoms with Gasteiger partial charge in [0.25, 0.3) is 0 Å². The fourth-order valence-electron chi connectivity index (χ4n) is 2.01. The molecule has 2 rings (SSSR count). The first kappa shape index (κ1) is 11.5. The van der Waals surface area contributed by atoms with Crippen molar-refractivity contribution in [1.29, 1.82) is 0 Å². The van der Waals surface area contributed by atoms with E-state index < -0.39 is 0 Å². The van der Waals surface area contributed by atoms with Gasteiger partial charge in [-0.3, -0.25) is 9.78 Å². The average molecular weight is 236 g/mol. The average Bonchev–Trinajstić information content (AvgIpc) is 2.69. The fourth-order valence-corrected chi connectivity index (χ4v) is 2.25. The van der Waals surface area contributed by atoms with Gasteiger partial charge < -0.3 is 4.90 Å². The number of rotatable bonds is 4. The molecule has 1 atom stereocenters. The third kappa shape index (κ3) is 2.76. The van der Waals surface area contributed by atoms with Crippen molar-refractivity contribution >= 4 is 18.5 Å². The Morgan fingerprint density at radius 2 is 2.19 bits per heavy atom. The Hall–Kier alpha value is -1.03. The molecule has 1 aliphatic rings. The molecule has 0 spiro atoms. The summed E-state index contributed by atoms with van der Waals surface area (Å²) in [6, 6.07) is 3.99. The van der Waals surface area contributed by atoms with Gasteiger partial charge in [-0.15, -0.1) is 0 Å². The number of pyridine rings is 1. The van der Waals surface area contributed by atoms with E-state index >= 15 is 0 Å². The normalized spacial score (nSPS) is 20.4. The summed E-state index contributed by atoms with van der Waals surface area (Å²) in [4.78, 5) is 17.6. The maximum atomic E-state index is 11.6. The van der Waals surface area contributed by atoms with E-state index in [1.165, 1.54) is 5.56 Å². The zero-order valence-electron chi connectivity index (χ0n) is 9.17. The Morgan fingerprint density at radius 1 is 1.44 bits per heavy atom. The van der Waals surface area contributed by atoms with E-state index in [1.807, 2.05) is 17.0 Å². The van der Waals surface area contributed by atoms with E-state index in [9.17, 15) is 4.79 Å². The van der Waals surface area contributed by atoms with Crippen molar-refractivity contribution in [2.45, 2.75) is 12.8 Å². The molecule has 1 saturated heterocycles. The van der Waals surface area contributed by atoms with Crippen molar-refractivity contribution in [3.05, 3.63) is 30.1 Å². The summed E-state index contributed by atoms with van der Waals surface area (Å²) in [7, 11) is 0. The molecule has 0 N–H and O–H groups in total. The van der Waals surface area contributed by atoms with Gasteiger partial charge in [-0.25, -0.2) is 0 Å². The van der Waals surface area contributed by atoms with Crippen LogP contribution in [-0.4, -0.2) is 34.6 Å². The number of likely N-dealkylation sites (tertiary alicyclic amines) is 1. The summed E-state index contributed by atoms with van der Waals surface area (Å²) >= 11 is 4.25. The quantitative estimate of drug-likeness (QED) is 0.802. The lowest BCUT2D eigenvalue weighted by molar-refractivity contribution is -0.127. The van der Waals surface area contributed by atoms with Crippen LogP contribution >= 0.6 is 12.6 Å². The molecule has 0 aliphatic carbocycles. The number of hydrogen-bond acceptors (Lipinski definition) is 3. The number of hydrogen-bond donors (Lipinski definition) is 1. The van der Waals surface area contributed by atoms with Crippen LogP contribution in [0.25, 0.3) is 0 Å². The fraction of sp³-hybridized carbons (Fsp3) is 0.500. The predicted molar refractivity (Wildman–Crippen MR) is 66.5 cm³/mol. The second-order valence-electron chi connectivity index (χ2n) is 4.20. The number of thiol groups is 1. The van der Waals surface area contributed by atoms with Gasteiger partial charge in [-0.1, -0.05) is 0 Å². The minimum absolute atomic E-state index is 0.271. The van der Waals surface area contributed by atoms with E-state index in [0.29, 0.717) is 12.3 Å². The highest BCUT2D eigenvalue weighted by Crippen LogP contribution is 2.18. The molecule has 0 aromatic carbocycles. The van der Waals surface area contributed by atoms with Gasteiger partial charge in [0.05, 0.1) is 0 Å². The Kier molecular flexibility index (Phi) is 3.83. The molecule has 3 nitrogen and oxygen atoms in total. The van der Waals surface area contributed by atoms with Crippen molar-refractivity contribution in [3.63, 3.8) is 0 Å². The number of amides is 1. The highest BCUT2D eigenvalue weighted by Gasteiger charge is 2.27. The summed E-state index contributed by atoms with van der Waals surface area (Å²) in [6.45, 7) is 1.68. The van der Waals surface area contributed by atoms with E-state index in [2.05, 4.69) is 17.6 Å². The summed E-state index contributed by atoms with van der Waals surface area (Å²) in [5.41, 5.74) is 1.23. The zero-order valence-corrected chi connectivity index (χ0v) is 10.1. The van der Waals surface area contributed by atoms with Gasteiger partial charge >= 0.3 is 0 Å². The molecule has 1 fully saturated rings. The maximum absolute atomic E-state index is 11.6. The highest BCUT2D eigenvalue weighted by atomic mass is 32.1. The molecule has 0 bridgehead atoms. The van der Waals surface area contributed by atoms with Crippen molar-refractivity contribution in [3.8, 4) is 0 Å². The van der Waals surface area contributed by atoms with E-state index in [4.69, 9.17) is 0 Å². The number of carbonyl (C=O) groups excluding carboxylic acids is 1. The van der Waals surface area contributed by atoms with Gasteiger partial charge in [0, 0.05) is 31.9 Å². The molecule has 1 unspecified atom stereocenters. The second kappa shape index (κ2) is 5.34. The molecule has 4 heteroatoms. The van der Waals surface area contributed by atoms with Crippen LogP contribution in [0.4, 0.5) is 0 Å². The molecule has 86 valence electrons. The van der Waals surface area contributed by atoms with Crippen LogP contribution in [0.15, 0.2) is 24.5 Å². The molecule has 2 heterocycles. The topological polar surface area (TPSA) is 33.2 Å². The number of carbonyl (C=O) groups is 1. The molecular formula is C12H16N2OS. The van der Waals surface area contributed by atoms with Gasteiger partial charge in [0.1, 0.15) is 0 Å². The van der Waals surface area contributed by atoms with Crippen LogP contribution in [0.1, 0.15) is 12.0 Å². The number of aromatic nitrogens is 1. The SMILES string of the molecule is O=C1CC(CS)CN1CCc1ccncc1. The maximum Gasteiger partial charge on any atom is 0.222 e. The Bertz CT molecular complexity index is 355. The molecule has 0 saturated carbocycles. The lowest BCUT2D eigenvalue weighted by atomic mass is 10.1. The summed E-state index contributed by atoms with van der Waals surface area (Å²) in [6.07, 6.45) is 5.16. The molecule has 1 aromatic rings. The van der Waals surface area contributed by atoms with Crippen LogP contribution in [0, 0.1) is 5.92 Å². The summed E-state index contributed by atoms with van der Waals surface area (Å²) < 4.78 is 0. The Balaban J connectivity index is 1.85. The first-order valence-corrected chi connectivity index (χ1v) is 6.20. The summed E-state index contributed by atoms with van der Waals surface area (Å²) in [5, 5.41) is 0. The van der Waals surface area contributed by atoms with E-state index in [-0.39, 0.29) is 5.91 Å². The monoisotopic (exact) mass is 236 g/mol. The first-order chi connectivity index (χ1) is 7.79. The molecular weight excluding hydrogens is 220 g/mol. The lowest BCUT2D eigenvalue weighted by Crippen LogP contribution is -2.27. The van der Waals surface area contributed by atoms with Crippen LogP contribution < -0.4 is 0 Å². The van der Waals surface area contributed by atoms with Crippen molar-refractivity contribution in [2.24, 2.45) is 5.92 Å². The first-order valence-electron chi connectivity index (χ1n) is 5.57. The van der Waals surface area contributed by atoms with Gasteiger partial charge in [-0.2, -0.15) is 12.6 Å². The van der Waals surface area contributed by atoms with Gasteiger partial charge in [-0.05, 0) is 35.8 Å². The van der Waals surface area contributed by atoms with Crippen LogP contribution in [0.2, 0.25) is 0 Å². The standard InChI is InChI=1S/C12H16N2OS/c15-12-7-11(9-16)8-14(12)6-3-10-1-4-13-5-2-10/h1-2,4-5,11,16H,3,6-9H2. The molecule has 1 aliphatic heterocycles. The predicted octanol–water partition coefficient (Wildman–Crippen LogP) is 1.40. The third-order valence-electron chi connectivity index (χ3n) is 2.97. The number of nitrogens with zero attached hydrogens (tertiary/aromatic N) is 2. The summed E-state index contributed by atoms with van der Waals surface area (Å²) in [5.74, 6) is 1.51. The second-order valence-corrected chi connectivity index (χ2v) is 4.56. The third-order valence-corrected chi connectivity index (χ3v) is 3.49. The van der Waals surface area contributed by atoms with Crippen LogP contribution in [0.5, 0.6) is 0 Å². The largest absolute Gasteiger partial charge is 0.342 e. The van der Waals surface area contributed by atoms with Gasteiger partial charge in [0.2, 0.25) is 5.91 Å². The van der Waals surface area contributed by atoms with E-state index in [1.54, 1.807) is 12.4 Å². The van der Waals surface area contributed by atoms with Crippen LogP contribution in [-0.2, 0) is 11.2 Å². The molecule has 1 amide bonds. The van der Waals surface area contributed by atoms with Gasteiger partial charge in [0.15, 0.2) is 0 Å². The Morgan fingerprint density at radius 3 is 2.81 bits per heavy atom. The van der Waals surface area contributed by atoms with Crippen molar-refractivity contribution in [1.82, 2.24) is 9.88 Å². The lowest BCUT2D eigenvalue weighted by Gasteiger charge is -2.16. The molecule has 1 aromatic heterocycles. The smallest absolute Gasteiger partial charge is 0.222 e. The minimum atomic E-state index is 0.271. The minimum Gasteiger partial charge on any atom is -0.342 e. The molecule has 16 heavy (non-hydrogen) atoms. The zero-order chi connectivity index (χ0) is 11.4. The van der Waals surface area contributed by atoms with Crippen LogP contribution in [0.3, 0.4) is 0 Å². The highest BCUT2D eigenvalue weighted by molar-refractivity contribution is 7.80. The molecule has 0 radical (unpaired) electrons. The van der Waals surface area contributed by atoms with Crippen molar-refractivity contribution in [2.75, 3.05) is 18.8 Å². The van der Waals surface area contributed by atoms with E-state index in [0.717, 1.165) is 25.3 Å². The Labute approximate surface area is 101 Å².